The number of nitrogens with two attached hydrogens (primary N) is 1. The van der Waals surface area contributed by atoms with Crippen molar-refractivity contribution in [2.45, 2.75) is 77.0 Å². The number of halogens is 1. The van der Waals surface area contributed by atoms with E-state index in [4.69, 9.17) is 22.1 Å². The molecule has 2 fully saturated rings. The Morgan fingerprint density at radius 3 is 2.50 bits per heavy atom. The first-order valence-corrected chi connectivity index (χ1v) is 10.5. The number of benzene rings is 1. The van der Waals surface area contributed by atoms with Crippen molar-refractivity contribution in [3.8, 4) is 0 Å². The molecule has 1 aromatic carbocycles. The van der Waals surface area contributed by atoms with Gasteiger partial charge in [-0.15, -0.1) is 0 Å². The molecule has 3 rings (SSSR count). The molecule has 0 amide bonds. The van der Waals surface area contributed by atoms with Crippen LogP contribution in [0.2, 0.25) is 5.02 Å². The molecule has 4 nitrogen and oxygen atoms in total. The highest BCUT2D eigenvalue weighted by molar-refractivity contribution is 6.31. The van der Waals surface area contributed by atoms with Crippen molar-refractivity contribution in [3.63, 3.8) is 0 Å². The number of anilines is 2. The minimum absolute atomic E-state index is 0.342. The second kappa shape index (κ2) is 8.37. The molecule has 0 bridgehead atoms. The number of likely N-dealkylation sites (tertiary alicyclic amines) is 1. The second-order valence-corrected chi connectivity index (χ2v) is 8.65. The highest BCUT2D eigenvalue weighted by Gasteiger charge is 2.38. The molecule has 0 unspecified atom stereocenters. The Hall–Kier alpha value is -0.970. The third kappa shape index (κ3) is 4.47. The highest BCUT2D eigenvalue weighted by Crippen LogP contribution is 2.37. The largest absolute Gasteiger partial charge is 0.397 e. The minimum atomic E-state index is 0.342. The number of ether oxygens (including phenoxy) is 1. The van der Waals surface area contributed by atoms with Crippen LogP contribution in [0, 0.1) is 6.92 Å². The average Bonchev–Trinajstić information content (AvgIpc) is 2.62. The molecule has 0 aromatic heterocycles. The maximum atomic E-state index is 6.16. The number of rotatable bonds is 5. The third-order valence-electron chi connectivity index (χ3n) is 6.36. The number of nitrogens with zero attached hydrogens (tertiary/aromatic N) is 1. The van der Waals surface area contributed by atoms with Crippen molar-refractivity contribution in [2.24, 2.45) is 0 Å². The number of hydrogen-bond acceptors (Lipinski definition) is 4. The van der Waals surface area contributed by atoms with Crippen molar-refractivity contribution < 1.29 is 4.74 Å². The molecule has 5 heteroatoms. The predicted molar refractivity (Wildman–Crippen MR) is 111 cm³/mol. The van der Waals surface area contributed by atoms with Gasteiger partial charge in [-0.1, -0.05) is 11.6 Å². The molecule has 3 N–H and O–H groups in total. The van der Waals surface area contributed by atoms with Crippen molar-refractivity contribution >= 4 is 23.0 Å². The Labute approximate surface area is 163 Å². The van der Waals surface area contributed by atoms with Crippen LogP contribution in [0.5, 0.6) is 0 Å². The first kappa shape index (κ1) is 19.8. The van der Waals surface area contributed by atoms with Gasteiger partial charge in [-0.05, 0) is 77.0 Å². The molecule has 146 valence electrons. The molecule has 2 aliphatic rings. The molecule has 0 radical (unpaired) electrons. The fraction of sp³-hybridized carbons (Fsp3) is 0.714. The van der Waals surface area contributed by atoms with Gasteiger partial charge in [0.1, 0.15) is 0 Å². The van der Waals surface area contributed by atoms with Gasteiger partial charge in [-0.25, -0.2) is 0 Å². The lowest BCUT2D eigenvalue weighted by Gasteiger charge is -2.48. The van der Waals surface area contributed by atoms with E-state index in [1.807, 2.05) is 13.0 Å². The standard InChI is InChI=1S/C21H34ClN3O/c1-4-26-17-5-9-21(3,10-6-17)25-11-7-16(8-12-25)24-20-13-15(2)18(22)14-19(20)23/h13-14,16-17,24H,4-12,23H2,1-3H3/t17-,21-. The first-order valence-electron chi connectivity index (χ1n) is 10.1. The average molecular weight is 380 g/mol. The summed E-state index contributed by atoms with van der Waals surface area (Å²) in [5.74, 6) is 0. The Balaban J connectivity index is 1.52. The zero-order valence-electron chi connectivity index (χ0n) is 16.5. The summed E-state index contributed by atoms with van der Waals surface area (Å²) in [5.41, 5.74) is 9.31. The summed E-state index contributed by atoms with van der Waals surface area (Å²) in [6, 6.07) is 4.41. The SMILES string of the molecule is CCO[C@H]1CC[C@](C)(N2CCC(Nc3cc(C)c(Cl)cc3N)CC2)CC1. The third-order valence-corrected chi connectivity index (χ3v) is 6.77. The van der Waals surface area contributed by atoms with Gasteiger partial charge < -0.3 is 15.8 Å². The Morgan fingerprint density at radius 1 is 1.23 bits per heavy atom. The van der Waals surface area contributed by atoms with Crippen LogP contribution in [0.3, 0.4) is 0 Å². The predicted octanol–water partition coefficient (Wildman–Crippen LogP) is 4.84. The summed E-state index contributed by atoms with van der Waals surface area (Å²) >= 11 is 6.16. The van der Waals surface area contributed by atoms with Crippen molar-refractivity contribution in [1.82, 2.24) is 4.90 Å². The van der Waals surface area contributed by atoms with E-state index in [-0.39, 0.29) is 0 Å². The smallest absolute Gasteiger partial charge is 0.0579 e. The van der Waals surface area contributed by atoms with Gasteiger partial charge in [-0.2, -0.15) is 0 Å². The quantitative estimate of drug-likeness (QED) is 0.718. The lowest BCUT2D eigenvalue weighted by atomic mass is 9.79. The Morgan fingerprint density at radius 2 is 1.88 bits per heavy atom. The van der Waals surface area contributed by atoms with Gasteiger partial charge in [0.25, 0.3) is 0 Å². The molecule has 0 spiro atoms. The number of aryl methyl sites for hydroxylation is 1. The van der Waals surface area contributed by atoms with Gasteiger partial charge in [0.05, 0.1) is 17.5 Å². The lowest BCUT2D eigenvalue weighted by molar-refractivity contribution is -0.0242. The molecule has 0 atom stereocenters. The summed E-state index contributed by atoms with van der Waals surface area (Å²) in [6.45, 7) is 9.71. The zero-order valence-corrected chi connectivity index (χ0v) is 17.2. The van der Waals surface area contributed by atoms with Crippen LogP contribution in [-0.2, 0) is 4.74 Å². The molecular formula is C21H34ClN3O. The fourth-order valence-corrected chi connectivity index (χ4v) is 4.71. The van der Waals surface area contributed by atoms with Gasteiger partial charge in [0.2, 0.25) is 0 Å². The van der Waals surface area contributed by atoms with E-state index in [9.17, 15) is 0 Å². The monoisotopic (exact) mass is 379 g/mol. The molecule has 1 saturated heterocycles. The van der Waals surface area contributed by atoms with E-state index >= 15 is 0 Å². The van der Waals surface area contributed by atoms with Crippen LogP contribution < -0.4 is 11.1 Å². The number of nitrogens with one attached hydrogen (secondary N) is 1. The van der Waals surface area contributed by atoms with Crippen molar-refractivity contribution in [2.75, 3.05) is 30.7 Å². The first-order chi connectivity index (χ1) is 12.4. The van der Waals surface area contributed by atoms with E-state index < -0.39 is 0 Å². The van der Waals surface area contributed by atoms with Crippen molar-refractivity contribution in [3.05, 3.63) is 22.7 Å². The molecule has 1 heterocycles. The van der Waals surface area contributed by atoms with Crippen LogP contribution in [0.25, 0.3) is 0 Å². The van der Waals surface area contributed by atoms with E-state index in [2.05, 4.69) is 30.1 Å². The molecular weight excluding hydrogens is 346 g/mol. The lowest BCUT2D eigenvalue weighted by Crippen LogP contribution is -2.53. The molecule has 1 saturated carbocycles. The van der Waals surface area contributed by atoms with E-state index in [0.29, 0.717) is 17.7 Å². The van der Waals surface area contributed by atoms with Gasteiger partial charge in [0.15, 0.2) is 0 Å². The molecule has 1 aliphatic heterocycles. The van der Waals surface area contributed by atoms with Crippen LogP contribution in [0.15, 0.2) is 12.1 Å². The van der Waals surface area contributed by atoms with Gasteiger partial charge in [0, 0.05) is 36.3 Å². The van der Waals surface area contributed by atoms with Gasteiger partial charge in [-0.3, -0.25) is 4.90 Å². The maximum Gasteiger partial charge on any atom is 0.0579 e. The summed E-state index contributed by atoms with van der Waals surface area (Å²) in [7, 11) is 0. The van der Waals surface area contributed by atoms with Crippen LogP contribution in [-0.4, -0.2) is 42.3 Å². The normalized spacial score (nSPS) is 28.2. The van der Waals surface area contributed by atoms with Crippen LogP contribution in [0.1, 0.15) is 57.9 Å². The highest BCUT2D eigenvalue weighted by atomic mass is 35.5. The Kier molecular flexibility index (Phi) is 6.37. The molecule has 26 heavy (non-hydrogen) atoms. The molecule has 1 aromatic rings. The van der Waals surface area contributed by atoms with Crippen molar-refractivity contribution in [1.29, 1.82) is 0 Å². The summed E-state index contributed by atoms with van der Waals surface area (Å²) in [5, 5.41) is 4.38. The second-order valence-electron chi connectivity index (χ2n) is 8.25. The van der Waals surface area contributed by atoms with Gasteiger partial charge >= 0.3 is 0 Å². The minimum Gasteiger partial charge on any atom is -0.397 e. The summed E-state index contributed by atoms with van der Waals surface area (Å²) in [6.07, 6.45) is 7.69. The topological polar surface area (TPSA) is 50.5 Å². The van der Waals surface area contributed by atoms with Crippen LogP contribution >= 0.6 is 11.6 Å². The van der Waals surface area contributed by atoms with Crippen LogP contribution in [0.4, 0.5) is 11.4 Å². The molecule has 1 aliphatic carbocycles. The number of hydrogen-bond donors (Lipinski definition) is 2. The van der Waals surface area contributed by atoms with E-state index in [1.165, 1.54) is 25.7 Å². The van der Waals surface area contributed by atoms with E-state index in [1.54, 1.807) is 0 Å². The number of nitrogen functional groups attached to an aromatic ring is 1. The Bertz CT molecular complexity index is 606. The summed E-state index contributed by atoms with van der Waals surface area (Å²) in [4.78, 5) is 2.71. The number of piperidine rings is 1. The van der Waals surface area contributed by atoms with E-state index in [0.717, 1.165) is 54.5 Å². The maximum absolute atomic E-state index is 6.16. The zero-order chi connectivity index (χ0) is 18.7. The fourth-order valence-electron chi connectivity index (χ4n) is 4.54. The summed E-state index contributed by atoms with van der Waals surface area (Å²) < 4.78 is 5.83.